The summed E-state index contributed by atoms with van der Waals surface area (Å²) in [5, 5.41) is 10.0. The second kappa shape index (κ2) is 16.3. The fraction of sp³-hybridized carbons (Fsp3) is 0. The van der Waals surface area contributed by atoms with Crippen molar-refractivity contribution in [1.29, 1.82) is 0 Å². The van der Waals surface area contributed by atoms with Gasteiger partial charge in [-0.3, -0.25) is 0 Å². The topological polar surface area (TPSA) is 3.24 Å². The monoisotopic (exact) mass is 825 g/mol. The molecule has 0 unspecified atom stereocenters. The molecule has 1 heteroatoms. The van der Waals surface area contributed by atoms with E-state index in [2.05, 4.69) is 266 Å². The van der Waals surface area contributed by atoms with Crippen LogP contribution in [0.5, 0.6) is 0 Å². The third-order valence-electron chi connectivity index (χ3n) is 13.0. The molecule has 304 valence electrons. The Morgan fingerprint density at radius 2 is 0.600 bits per heavy atom. The Labute approximate surface area is 379 Å². The zero-order valence-corrected chi connectivity index (χ0v) is 35.8. The molecule has 0 saturated heterocycles. The highest BCUT2D eigenvalue weighted by Gasteiger charge is 2.19. The number of rotatable bonds is 8. The second-order valence-electron chi connectivity index (χ2n) is 16.9. The van der Waals surface area contributed by atoms with E-state index in [1.165, 1.54) is 98.7 Å². The number of anilines is 3. The van der Waals surface area contributed by atoms with Gasteiger partial charge in [0.15, 0.2) is 0 Å². The normalized spacial score (nSPS) is 11.4. The molecule has 12 aromatic rings. The van der Waals surface area contributed by atoms with Crippen LogP contribution in [0.1, 0.15) is 0 Å². The molecule has 0 heterocycles. The molecule has 0 aliphatic rings. The van der Waals surface area contributed by atoms with Crippen LogP contribution in [0.25, 0.3) is 98.7 Å². The summed E-state index contributed by atoms with van der Waals surface area (Å²) in [5.74, 6) is 0. The maximum absolute atomic E-state index is 2.37. The average molecular weight is 826 g/mol. The van der Waals surface area contributed by atoms with E-state index < -0.39 is 0 Å². The summed E-state index contributed by atoms with van der Waals surface area (Å²) in [6.45, 7) is 0. The lowest BCUT2D eigenvalue weighted by Gasteiger charge is -2.26. The van der Waals surface area contributed by atoms with Gasteiger partial charge in [0.2, 0.25) is 0 Å². The molecular formula is C64H43N. The number of fused-ring (bicyclic) bond motifs is 4. The smallest absolute Gasteiger partial charge is 0.0462 e. The summed E-state index contributed by atoms with van der Waals surface area (Å²) in [5.41, 5.74) is 15.5. The van der Waals surface area contributed by atoms with Gasteiger partial charge in [-0.1, -0.05) is 212 Å². The van der Waals surface area contributed by atoms with Crippen molar-refractivity contribution < 1.29 is 0 Å². The lowest BCUT2D eigenvalue weighted by atomic mass is 9.85. The van der Waals surface area contributed by atoms with Crippen molar-refractivity contribution in [2.24, 2.45) is 0 Å². The second-order valence-corrected chi connectivity index (χ2v) is 16.9. The summed E-state index contributed by atoms with van der Waals surface area (Å²) in [6.07, 6.45) is 0. The maximum Gasteiger partial charge on any atom is 0.0462 e. The Bertz CT molecular complexity index is 3620. The number of hydrogen-bond acceptors (Lipinski definition) is 1. The third-order valence-corrected chi connectivity index (χ3v) is 13.0. The third kappa shape index (κ3) is 7.01. The van der Waals surface area contributed by atoms with Crippen molar-refractivity contribution in [2.45, 2.75) is 0 Å². The van der Waals surface area contributed by atoms with Crippen molar-refractivity contribution in [1.82, 2.24) is 0 Å². The molecule has 0 aliphatic carbocycles. The van der Waals surface area contributed by atoms with Gasteiger partial charge in [-0.25, -0.2) is 0 Å². The van der Waals surface area contributed by atoms with Gasteiger partial charge in [0.1, 0.15) is 0 Å². The largest absolute Gasteiger partial charge is 0.311 e. The first-order valence-corrected chi connectivity index (χ1v) is 22.4. The minimum atomic E-state index is 1.09. The van der Waals surface area contributed by atoms with Crippen molar-refractivity contribution in [3.05, 3.63) is 261 Å². The molecule has 0 aromatic heterocycles. The van der Waals surface area contributed by atoms with Gasteiger partial charge in [0.05, 0.1) is 0 Å². The quantitative estimate of drug-likeness (QED) is 0.138. The van der Waals surface area contributed by atoms with Crippen LogP contribution in [-0.4, -0.2) is 0 Å². The molecule has 0 atom stereocenters. The van der Waals surface area contributed by atoms with E-state index in [-0.39, 0.29) is 0 Å². The maximum atomic E-state index is 2.37. The lowest BCUT2D eigenvalue weighted by Crippen LogP contribution is -2.09. The number of hydrogen-bond donors (Lipinski definition) is 0. The van der Waals surface area contributed by atoms with Crippen molar-refractivity contribution >= 4 is 60.2 Å². The van der Waals surface area contributed by atoms with Crippen LogP contribution in [0.3, 0.4) is 0 Å². The summed E-state index contributed by atoms with van der Waals surface area (Å²) in [7, 11) is 0. The van der Waals surface area contributed by atoms with Gasteiger partial charge >= 0.3 is 0 Å². The van der Waals surface area contributed by atoms with E-state index in [0.717, 1.165) is 17.1 Å². The lowest BCUT2D eigenvalue weighted by molar-refractivity contribution is 1.28. The minimum Gasteiger partial charge on any atom is -0.311 e. The molecule has 65 heavy (non-hydrogen) atoms. The molecule has 0 saturated carbocycles. The zero-order chi connectivity index (χ0) is 43.1. The van der Waals surface area contributed by atoms with Crippen LogP contribution >= 0.6 is 0 Å². The van der Waals surface area contributed by atoms with E-state index in [1.807, 2.05) is 0 Å². The van der Waals surface area contributed by atoms with Crippen molar-refractivity contribution in [3.8, 4) is 55.6 Å². The molecule has 0 amide bonds. The van der Waals surface area contributed by atoms with Crippen LogP contribution in [0, 0.1) is 0 Å². The van der Waals surface area contributed by atoms with Crippen LogP contribution in [0.4, 0.5) is 17.1 Å². The van der Waals surface area contributed by atoms with Gasteiger partial charge in [0, 0.05) is 17.1 Å². The van der Waals surface area contributed by atoms with Crippen LogP contribution in [0.15, 0.2) is 261 Å². The summed E-state index contributed by atoms with van der Waals surface area (Å²) >= 11 is 0. The highest BCUT2D eigenvalue weighted by Crippen LogP contribution is 2.45. The molecule has 0 spiro atoms. The molecule has 12 aromatic carbocycles. The highest BCUT2D eigenvalue weighted by molar-refractivity contribution is 6.21. The van der Waals surface area contributed by atoms with E-state index in [0.29, 0.717) is 0 Å². The first-order valence-electron chi connectivity index (χ1n) is 22.4. The van der Waals surface area contributed by atoms with Crippen LogP contribution < -0.4 is 4.90 Å². The fourth-order valence-corrected chi connectivity index (χ4v) is 9.90. The Kier molecular flexibility index (Phi) is 9.58. The Morgan fingerprint density at radius 1 is 0.200 bits per heavy atom. The Hall–Kier alpha value is -8.52. The van der Waals surface area contributed by atoms with Gasteiger partial charge in [-0.2, -0.15) is 0 Å². The van der Waals surface area contributed by atoms with Crippen molar-refractivity contribution in [2.75, 3.05) is 4.90 Å². The SMILES string of the molecule is c1ccc(-c2ccc(N(c3ccc(-c4cccc(-c5cccc6ccccc56)c4)cc3)c3ccc(-c4c5ccccc5c(-c5ccc6ccccc6c5)c5ccccc45)cc3)cc2)cc1. The average Bonchev–Trinajstić information content (AvgIpc) is 3.38. The van der Waals surface area contributed by atoms with Crippen LogP contribution in [0.2, 0.25) is 0 Å². The van der Waals surface area contributed by atoms with E-state index in [9.17, 15) is 0 Å². The molecule has 0 bridgehead atoms. The first kappa shape index (κ1) is 38.2. The highest BCUT2D eigenvalue weighted by atomic mass is 15.1. The first-order chi connectivity index (χ1) is 32.2. The van der Waals surface area contributed by atoms with E-state index >= 15 is 0 Å². The molecule has 0 radical (unpaired) electrons. The summed E-state index contributed by atoms with van der Waals surface area (Å²) in [4.78, 5) is 2.37. The van der Waals surface area contributed by atoms with E-state index in [1.54, 1.807) is 0 Å². The predicted molar refractivity (Wildman–Crippen MR) is 278 cm³/mol. The number of nitrogens with zero attached hydrogens (tertiary/aromatic N) is 1. The molecule has 0 fully saturated rings. The Balaban J connectivity index is 0.949. The van der Waals surface area contributed by atoms with Gasteiger partial charge < -0.3 is 4.90 Å². The number of benzene rings is 12. The van der Waals surface area contributed by atoms with Gasteiger partial charge in [-0.05, 0) is 147 Å². The molecule has 0 aliphatic heterocycles. The van der Waals surface area contributed by atoms with Crippen LogP contribution in [-0.2, 0) is 0 Å². The van der Waals surface area contributed by atoms with Crippen molar-refractivity contribution in [3.63, 3.8) is 0 Å². The molecule has 1 nitrogen and oxygen atoms in total. The standard InChI is InChI=1S/C64H43N/c1-2-14-44(15-3-1)46-30-36-54(37-31-46)65(55-38-32-47(33-39-55)51-20-12-21-52(42-51)58-27-13-19-48-17-6-7-22-57(48)58)56-40-34-49(35-41-56)63-59-23-8-10-25-61(59)64(62-26-11-9-24-60(62)63)53-29-28-45-16-4-5-18-50(45)43-53/h1-43H. The van der Waals surface area contributed by atoms with Gasteiger partial charge in [-0.15, -0.1) is 0 Å². The summed E-state index contributed by atoms with van der Waals surface area (Å²) < 4.78 is 0. The summed E-state index contributed by atoms with van der Waals surface area (Å²) in [6, 6.07) is 95.2. The molecular weight excluding hydrogens is 783 g/mol. The zero-order valence-electron chi connectivity index (χ0n) is 35.8. The van der Waals surface area contributed by atoms with Gasteiger partial charge in [0.25, 0.3) is 0 Å². The molecule has 12 rings (SSSR count). The minimum absolute atomic E-state index is 1.09. The molecule has 0 N–H and O–H groups in total. The Morgan fingerprint density at radius 3 is 1.22 bits per heavy atom. The fourth-order valence-electron chi connectivity index (χ4n) is 9.90. The van der Waals surface area contributed by atoms with E-state index in [4.69, 9.17) is 0 Å². The predicted octanol–water partition coefficient (Wildman–Crippen LogP) is 18.1.